The predicted molar refractivity (Wildman–Crippen MR) is 148 cm³/mol. The summed E-state index contributed by atoms with van der Waals surface area (Å²) in [5.41, 5.74) is 2.22. The number of nitrogens with zero attached hydrogens (tertiary/aromatic N) is 4. The molecule has 2 aromatic heterocycles. The van der Waals surface area contributed by atoms with Crippen molar-refractivity contribution in [1.29, 1.82) is 0 Å². The summed E-state index contributed by atoms with van der Waals surface area (Å²) in [7, 11) is 1.58. The van der Waals surface area contributed by atoms with Gasteiger partial charge in [-0.05, 0) is 41.5 Å². The Kier molecular flexibility index (Phi) is 6.20. The number of aromatic nitrogens is 2. The number of carbonyl (C=O) groups excluding carboxylic acids is 3. The Morgan fingerprint density at radius 2 is 1.84 bits per heavy atom. The lowest BCUT2D eigenvalue weighted by Gasteiger charge is -2.46. The highest BCUT2D eigenvalue weighted by molar-refractivity contribution is 5.98. The van der Waals surface area contributed by atoms with Crippen molar-refractivity contribution < 1.29 is 41.8 Å². The van der Waals surface area contributed by atoms with E-state index in [0.29, 0.717) is 28.3 Å². The average Bonchev–Trinajstić information content (AvgIpc) is 3.57. The van der Waals surface area contributed by atoms with Crippen LogP contribution >= 0.6 is 0 Å². The Morgan fingerprint density at radius 3 is 2.61 bits per heavy atom. The van der Waals surface area contributed by atoms with Gasteiger partial charge in [-0.15, -0.1) is 13.2 Å². The lowest BCUT2D eigenvalue weighted by atomic mass is 9.86. The van der Waals surface area contributed by atoms with Crippen LogP contribution in [0.5, 0.6) is 17.4 Å². The SMILES string of the molecule is CC(=O)Nc1ccc(-n2c3c(c4ccccc42)C[C@@H]2C(=O)N(C)CC(=O)N2[C@@H]3c2ccc3c(c2)OCO3)nc1OC(F)(F)F. The van der Waals surface area contributed by atoms with Gasteiger partial charge in [-0.3, -0.25) is 19.0 Å². The van der Waals surface area contributed by atoms with E-state index in [9.17, 15) is 27.6 Å². The molecule has 3 aliphatic rings. The molecule has 0 aliphatic carbocycles. The number of halogens is 3. The number of hydrogen-bond donors (Lipinski definition) is 1. The van der Waals surface area contributed by atoms with E-state index in [4.69, 9.17) is 9.47 Å². The second-order valence-electron chi connectivity index (χ2n) is 10.7. The molecule has 0 unspecified atom stereocenters. The van der Waals surface area contributed by atoms with Gasteiger partial charge in [0.2, 0.25) is 30.4 Å². The lowest BCUT2D eigenvalue weighted by molar-refractivity contribution is -0.275. The number of hydrogen-bond acceptors (Lipinski definition) is 7. The maximum absolute atomic E-state index is 13.7. The summed E-state index contributed by atoms with van der Waals surface area (Å²) in [5, 5.41) is 3.06. The van der Waals surface area contributed by atoms with Crippen molar-refractivity contribution in [3.63, 3.8) is 0 Å². The topological polar surface area (TPSA) is 115 Å². The van der Waals surface area contributed by atoms with E-state index in [1.165, 1.54) is 21.9 Å². The van der Waals surface area contributed by atoms with Gasteiger partial charge in [0, 0.05) is 25.8 Å². The summed E-state index contributed by atoms with van der Waals surface area (Å²) in [5.74, 6) is -0.952. The van der Waals surface area contributed by atoms with Gasteiger partial charge in [0.05, 0.1) is 23.8 Å². The zero-order valence-electron chi connectivity index (χ0n) is 23.3. The fourth-order valence-corrected chi connectivity index (χ4v) is 6.25. The maximum Gasteiger partial charge on any atom is 0.574 e. The summed E-state index contributed by atoms with van der Waals surface area (Å²) in [6, 6.07) is 13.5. The number of amides is 3. The first kappa shape index (κ1) is 27.6. The van der Waals surface area contributed by atoms with E-state index in [-0.39, 0.29) is 43.1 Å². The van der Waals surface area contributed by atoms with Gasteiger partial charge in [0.1, 0.15) is 17.5 Å². The molecule has 4 aromatic rings. The Bertz CT molecular complexity index is 1870. The molecule has 3 aliphatic heterocycles. The lowest BCUT2D eigenvalue weighted by Crippen LogP contribution is -2.62. The number of para-hydroxylation sites is 1. The quantitative estimate of drug-likeness (QED) is 0.374. The number of benzene rings is 2. The molecular weight excluding hydrogens is 583 g/mol. The molecule has 0 spiro atoms. The van der Waals surface area contributed by atoms with E-state index in [1.54, 1.807) is 41.9 Å². The highest BCUT2D eigenvalue weighted by atomic mass is 19.4. The molecule has 2 aromatic carbocycles. The Labute approximate surface area is 247 Å². The van der Waals surface area contributed by atoms with Crippen LogP contribution in [0, 0.1) is 0 Å². The summed E-state index contributed by atoms with van der Waals surface area (Å²) < 4.78 is 57.4. The number of pyridine rings is 1. The molecule has 1 saturated heterocycles. The van der Waals surface area contributed by atoms with E-state index in [0.717, 1.165) is 17.9 Å². The molecule has 7 rings (SSSR count). The third kappa shape index (κ3) is 4.44. The molecule has 0 saturated carbocycles. The zero-order valence-corrected chi connectivity index (χ0v) is 23.3. The van der Waals surface area contributed by atoms with Crippen molar-refractivity contribution in [2.45, 2.75) is 31.8 Å². The molecule has 0 radical (unpaired) electrons. The van der Waals surface area contributed by atoms with Crippen LogP contribution in [0.3, 0.4) is 0 Å². The number of ether oxygens (including phenoxy) is 3. The molecule has 3 amide bonds. The molecule has 1 fully saturated rings. The van der Waals surface area contributed by atoms with Gasteiger partial charge < -0.3 is 29.3 Å². The largest absolute Gasteiger partial charge is 0.574 e. The van der Waals surface area contributed by atoms with E-state index >= 15 is 0 Å². The van der Waals surface area contributed by atoms with Crippen LogP contribution in [-0.2, 0) is 20.8 Å². The molecule has 2 atom stereocenters. The van der Waals surface area contributed by atoms with Gasteiger partial charge in [0.25, 0.3) is 0 Å². The van der Waals surface area contributed by atoms with Gasteiger partial charge in [-0.1, -0.05) is 24.3 Å². The number of nitrogens with one attached hydrogen (secondary N) is 1. The molecule has 1 N–H and O–H groups in total. The van der Waals surface area contributed by atoms with Crippen LogP contribution in [0.2, 0.25) is 0 Å². The normalized spacial score (nSPS) is 19.2. The van der Waals surface area contributed by atoms with E-state index in [1.807, 2.05) is 12.1 Å². The second kappa shape index (κ2) is 9.89. The average molecular weight is 608 g/mol. The molecular formula is C30H24F3N5O6. The maximum atomic E-state index is 13.7. The van der Waals surface area contributed by atoms with E-state index < -0.39 is 30.2 Å². The van der Waals surface area contributed by atoms with Gasteiger partial charge in [0.15, 0.2) is 11.5 Å². The number of likely N-dealkylation sites (N-methyl/N-ethyl adjacent to an activating group) is 1. The van der Waals surface area contributed by atoms with Crippen molar-refractivity contribution in [2.75, 3.05) is 25.7 Å². The van der Waals surface area contributed by atoms with Crippen molar-refractivity contribution >= 4 is 34.3 Å². The zero-order chi connectivity index (χ0) is 30.9. The molecule has 14 heteroatoms. The third-order valence-corrected chi connectivity index (χ3v) is 7.92. The van der Waals surface area contributed by atoms with Gasteiger partial charge >= 0.3 is 6.36 Å². The standard InChI is InChI=1S/C30H24F3N5O6/c1-15(39)34-19-8-10-24(35-28(19)44-30(31,32)33)37-20-6-4-3-5-17(20)18-12-21-29(41)36(2)13-25(40)38(21)26(27(18)37)16-7-9-22-23(11-16)43-14-42-22/h3-11,21,26H,12-14H2,1-2H3,(H,34,39)/t21-,26-/m1/s1. The van der Waals surface area contributed by atoms with Crippen molar-refractivity contribution in [3.8, 4) is 23.2 Å². The fraction of sp³-hybridized carbons (Fsp3) is 0.267. The molecule has 44 heavy (non-hydrogen) atoms. The summed E-state index contributed by atoms with van der Waals surface area (Å²) in [4.78, 5) is 46.1. The third-order valence-electron chi connectivity index (χ3n) is 7.92. The van der Waals surface area contributed by atoms with Crippen molar-refractivity contribution in [3.05, 3.63) is 71.4 Å². The minimum absolute atomic E-state index is 0.0239. The number of fused-ring (bicyclic) bond motifs is 5. The monoisotopic (exact) mass is 607 g/mol. The second-order valence-corrected chi connectivity index (χ2v) is 10.7. The van der Waals surface area contributed by atoms with Crippen molar-refractivity contribution in [2.24, 2.45) is 0 Å². The molecule has 5 heterocycles. The van der Waals surface area contributed by atoms with E-state index in [2.05, 4.69) is 15.0 Å². The molecule has 226 valence electrons. The van der Waals surface area contributed by atoms with Crippen molar-refractivity contribution in [1.82, 2.24) is 19.4 Å². The predicted octanol–water partition coefficient (Wildman–Crippen LogP) is 3.93. The number of alkyl halides is 3. The first-order chi connectivity index (χ1) is 21.0. The van der Waals surface area contributed by atoms with Gasteiger partial charge in [-0.2, -0.15) is 4.98 Å². The van der Waals surface area contributed by atoms with Crippen LogP contribution in [0.25, 0.3) is 16.7 Å². The van der Waals surface area contributed by atoms with Gasteiger partial charge in [-0.25, -0.2) is 0 Å². The summed E-state index contributed by atoms with van der Waals surface area (Å²) in [6.45, 7) is 1.04. The molecule has 0 bridgehead atoms. The van der Waals surface area contributed by atoms with Crippen LogP contribution in [0.15, 0.2) is 54.6 Å². The Morgan fingerprint density at radius 1 is 1.07 bits per heavy atom. The molecule has 11 nitrogen and oxygen atoms in total. The first-order valence-electron chi connectivity index (χ1n) is 13.6. The highest BCUT2D eigenvalue weighted by Gasteiger charge is 2.49. The van der Waals surface area contributed by atoms with Crippen LogP contribution in [-0.4, -0.2) is 69.9 Å². The smallest absolute Gasteiger partial charge is 0.454 e. The summed E-state index contributed by atoms with van der Waals surface area (Å²) >= 11 is 0. The minimum atomic E-state index is -5.09. The Balaban J connectivity index is 1.51. The summed E-state index contributed by atoms with van der Waals surface area (Å²) in [6.07, 6.45) is -4.92. The first-order valence-corrected chi connectivity index (χ1v) is 13.6. The number of piperazine rings is 1. The minimum Gasteiger partial charge on any atom is -0.454 e. The fourth-order valence-electron chi connectivity index (χ4n) is 6.25. The van der Waals surface area contributed by atoms with Crippen LogP contribution in [0.4, 0.5) is 18.9 Å². The van der Waals surface area contributed by atoms with Crippen LogP contribution < -0.4 is 19.5 Å². The number of rotatable bonds is 4. The van der Waals surface area contributed by atoms with Crippen LogP contribution in [0.1, 0.15) is 29.8 Å². The number of carbonyl (C=O) groups is 3. The number of anilines is 1. The Hall–Kier alpha value is -5.27. The highest BCUT2D eigenvalue weighted by Crippen LogP contribution is 2.47.